The molecule has 7 heteroatoms. The van der Waals surface area contributed by atoms with Gasteiger partial charge in [0.05, 0.1) is 18.4 Å². The molecule has 29 heavy (non-hydrogen) atoms. The summed E-state index contributed by atoms with van der Waals surface area (Å²) in [6, 6.07) is 13.7. The Morgan fingerprint density at radius 3 is 2.62 bits per heavy atom. The van der Waals surface area contributed by atoms with Crippen LogP contribution in [0.5, 0.6) is 5.75 Å². The van der Waals surface area contributed by atoms with Gasteiger partial charge in [0.1, 0.15) is 5.75 Å². The highest BCUT2D eigenvalue weighted by Crippen LogP contribution is 2.45. The first-order valence-corrected chi connectivity index (χ1v) is 9.61. The zero-order valence-corrected chi connectivity index (χ0v) is 16.6. The van der Waals surface area contributed by atoms with Gasteiger partial charge in [-0.15, -0.1) is 0 Å². The first-order valence-electron chi connectivity index (χ1n) is 9.61. The molecule has 4 rings (SSSR count). The number of carbonyl (C=O) groups is 3. The molecule has 7 nitrogen and oxygen atoms in total. The molecule has 1 saturated heterocycles. The van der Waals surface area contributed by atoms with E-state index in [-0.39, 0.29) is 30.7 Å². The molecule has 2 aliphatic rings. The number of carbonyl (C=O) groups excluding carboxylic acids is 3. The third kappa shape index (κ3) is 2.76. The molecule has 2 aromatic rings. The number of ether oxygens (including phenoxy) is 1. The minimum absolute atomic E-state index is 0.170. The van der Waals surface area contributed by atoms with E-state index in [1.165, 1.54) is 9.80 Å². The van der Waals surface area contributed by atoms with Crippen LogP contribution in [0.1, 0.15) is 37.0 Å². The number of nitrogens with zero attached hydrogens (tertiary/aromatic N) is 2. The van der Waals surface area contributed by atoms with Crippen molar-refractivity contribution in [1.82, 2.24) is 4.90 Å². The lowest BCUT2D eigenvalue weighted by atomic mass is 9.94. The summed E-state index contributed by atoms with van der Waals surface area (Å²) in [5.74, 6) is -0.225. The second-order valence-electron chi connectivity index (χ2n) is 7.52. The van der Waals surface area contributed by atoms with Crippen LogP contribution in [-0.2, 0) is 9.59 Å². The highest BCUT2D eigenvalue weighted by molar-refractivity contribution is 6.18. The number of methoxy groups -OCH3 is 1. The molecule has 150 valence electrons. The molecule has 2 aliphatic heterocycles. The maximum Gasteiger partial charge on any atom is 0.271 e. The summed E-state index contributed by atoms with van der Waals surface area (Å²) in [5.41, 5.74) is 0.0525. The second kappa shape index (κ2) is 6.92. The van der Waals surface area contributed by atoms with Gasteiger partial charge >= 0.3 is 0 Å². The van der Waals surface area contributed by atoms with Crippen molar-refractivity contribution in [3.63, 3.8) is 0 Å². The number of benzene rings is 2. The number of hydrogen-bond acceptors (Lipinski definition) is 4. The monoisotopic (exact) mass is 393 g/mol. The summed E-state index contributed by atoms with van der Waals surface area (Å²) in [6.07, 6.45) is 0.427. The van der Waals surface area contributed by atoms with Gasteiger partial charge in [-0.3, -0.25) is 19.3 Å². The Hall–Kier alpha value is -3.35. The molecule has 2 heterocycles. The molecular formula is C22H23N3O4. The van der Waals surface area contributed by atoms with Crippen molar-refractivity contribution in [2.24, 2.45) is 0 Å². The lowest BCUT2D eigenvalue weighted by Crippen LogP contribution is -2.70. The smallest absolute Gasteiger partial charge is 0.271 e. The predicted molar refractivity (Wildman–Crippen MR) is 109 cm³/mol. The minimum atomic E-state index is -1.40. The standard InChI is InChI=1S/C22H23N3O4/c1-14(2)24-20(27)17-9-4-5-10-18(17)25-19(26)11-12-22(24,25)21(28)23-15-7-6-8-16(13-15)29-3/h4-10,13-14H,11-12H2,1-3H3,(H,23,28)/t22-/m0/s1. The summed E-state index contributed by atoms with van der Waals surface area (Å²) in [6.45, 7) is 3.71. The fourth-order valence-electron chi connectivity index (χ4n) is 4.34. The van der Waals surface area contributed by atoms with Crippen LogP contribution in [0.15, 0.2) is 48.5 Å². The molecule has 0 saturated carbocycles. The molecule has 2 aromatic carbocycles. The number of anilines is 2. The van der Waals surface area contributed by atoms with Gasteiger partial charge in [0.25, 0.3) is 11.8 Å². The quantitative estimate of drug-likeness (QED) is 0.866. The van der Waals surface area contributed by atoms with E-state index >= 15 is 0 Å². The Kier molecular flexibility index (Phi) is 4.53. The summed E-state index contributed by atoms with van der Waals surface area (Å²) < 4.78 is 5.23. The largest absolute Gasteiger partial charge is 0.497 e. The Labute approximate surface area is 169 Å². The number of nitrogens with one attached hydrogen (secondary N) is 1. The summed E-state index contributed by atoms with van der Waals surface area (Å²) in [4.78, 5) is 42.9. The zero-order valence-electron chi connectivity index (χ0n) is 16.6. The first-order chi connectivity index (χ1) is 13.9. The zero-order chi connectivity index (χ0) is 20.8. The first kappa shape index (κ1) is 19.0. The van der Waals surface area contributed by atoms with Gasteiger partial charge in [0.2, 0.25) is 11.6 Å². The van der Waals surface area contributed by atoms with Crippen molar-refractivity contribution in [2.45, 2.75) is 38.4 Å². The highest BCUT2D eigenvalue weighted by atomic mass is 16.5. The van der Waals surface area contributed by atoms with Crippen LogP contribution < -0.4 is 15.0 Å². The van der Waals surface area contributed by atoms with Crippen molar-refractivity contribution in [1.29, 1.82) is 0 Å². The van der Waals surface area contributed by atoms with Gasteiger partial charge in [-0.05, 0) is 38.1 Å². The van der Waals surface area contributed by atoms with Crippen LogP contribution >= 0.6 is 0 Å². The van der Waals surface area contributed by atoms with Crippen LogP contribution in [-0.4, -0.2) is 41.4 Å². The van der Waals surface area contributed by atoms with E-state index < -0.39 is 11.6 Å². The Bertz CT molecular complexity index is 1000. The molecule has 0 aliphatic carbocycles. The topological polar surface area (TPSA) is 79.0 Å². The highest BCUT2D eigenvalue weighted by Gasteiger charge is 2.61. The van der Waals surface area contributed by atoms with Gasteiger partial charge in [0.15, 0.2) is 0 Å². The molecule has 0 spiro atoms. The molecule has 1 fully saturated rings. The van der Waals surface area contributed by atoms with E-state index in [4.69, 9.17) is 4.74 Å². The van der Waals surface area contributed by atoms with Crippen LogP contribution in [0.25, 0.3) is 0 Å². The molecule has 3 amide bonds. The lowest BCUT2D eigenvalue weighted by molar-refractivity contribution is -0.129. The summed E-state index contributed by atoms with van der Waals surface area (Å²) >= 11 is 0. The van der Waals surface area contributed by atoms with Gasteiger partial charge < -0.3 is 15.0 Å². The van der Waals surface area contributed by atoms with Crippen molar-refractivity contribution in [3.8, 4) is 5.75 Å². The van der Waals surface area contributed by atoms with E-state index in [1.807, 2.05) is 13.8 Å². The average molecular weight is 393 g/mol. The Morgan fingerprint density at radius 2 is 1.90 bits per heavy atom. The van der Waals surface area contributed by atoms with Crippen LogP contribution in [0.2, 0.25) is 0 Å². The normalized spacial score (nSPS) is 20.6. The van der Waals surface area contributed by atoms with E-state index in [0.29, 0.717) is 22.7 Å². The summed E-state index contributed by atoms with van der Waals surface area (Å²) in [5, 5.41) is 2.90. The molecule has 1 atom stereocenters. The van der Waals surface area contributed by atoms with Crippen molar-refractivity contribution in [3.05, 3.63) is 54.1 Å². The predicted octanol–water partition coefficient (Wildman–Crippen LogP) is 3.02. The van der Waals surface area contributed by atoms with Crippen molar-refractivity contribution < 1.29 is 19.1 Å². The summed E-state index contributed by atoms with van der Waals surface area (Å²) in [7, 11) is 1.55. The van der Waals surface area contributed by atoms with E-state index in [9.17, 15) is 14.4 Å². The van der Waals surface area contributed by atoms with Crippen LogP contribution in [0.3, 0.4) is 0 Å². The third-order valence-corrected chi connectivity index (χ3v) is 5.51. The van der Waals surface area contributed by atoms with Gasteiger partial charge in [-0.1, -0.05) is 18.2 Å². The maximum atomic E-state index is 13.6. The Balaban J connectivity index is 1.84. The van der Waals surface area contributed by atoms with Gasteiger partial charge in [0, 0.05) is 30.6 Å². The molecule has 1 N–H and O–H groups in total. The fourth-order valence-corrected chi connectivity index (χ4v) is 4.34. The van der Waals surface area contributed by atoms with E-state index in [2.05, 4.69) is 5.32 Å². The number of hydrogen-bond donors (Lipinski definition) is 1. The van der Waals surface area contributed by atoms with E-state index in [1.54, 1.807) is 55.6 Å². The number of rotatable bonds is 4. The van der Waals surface area contributed by atoms with Gasteiger partial charge in [-0.25, -0.2) is 0 Å². The molecule has 0 aromatic heterocycles. The Morgan fingerprint density at radius 1 is 1.14 bits per heavy atom. The van der Waals surface area contributed by atoms with E-state index in [0.717, 1.165) is 0 Å². The maximum absolute atomic E-state index is 13.6. The van der Waals surface area contributed by atoms with Gasteiger partial charge in [-0.2, -0.15) is 0 Å². The average Bonchev–Trinajstić information content (AvgIpc) is 3.06. The molecule has 0 bridgehead atoms. The molecular weight excluding hydrogens is 370 g/mol. The number of para-hydroxylation sites is 1. The molecule has 0 unspecified atom stereocenters. The molecule has 0 radical (unpaired) electrons. The minimum Gasteiger partial charge on any atom is -0.497 e. The fraction of sp³-hybridized carbons (Fsp3) is 0.318. The SMILES string of the molecule is COc1cccc(NC(=O)[C@]23CCC(=O)N2c2ccccc2C(=O)N3C(C)C)c1. The van der Waals surface area contributed by atoms with Crippen molar-refractivity contribution >= 4 is 29.1 Å². The second-order valence-corrected chi connectivity index (χ2v) is 7.52. The van der Waals surface area contributed by atoms with Crippen molar-refractivity contribution in [2.75, 3.05) is 17.3 Å². The van der Waals surface area contributed by atoms with Crippen LogP contribution in [0.4, 0.5) is 11.4 Å². The number of amides is 3. The van der Waals surface area contributed by atoms with Crippen LogP contribution in [0, 0.1) is 0 Å². The third-order valence-electron chi connectivity index (χ3n) is 5.51. The number of fused-ring (bicyclic) bond motifs is 3. The lowest BCUT2D eigenvalue weighted by Gasteiger charge is -2.50.